The Bertz CT molecular complexity index is 548. The lowest BCUT2D eigenvalue weighted by Crippen LogP contribution is -2.09. The van der Waals surface area contributed by atoms with E-state index in [0.717, 1.165) is 27.7 Å². The Hall–Kier alpha value is -1.08. The van der Waals surface area contributed by atoms with Gasteiger partial charge in [-0.2, -0.15) is 5.10 Å². The molecule has 0 bridgehead atoms. The molecule has 2 N–H and O–H groups in total. The standard InChI is InChI=1S/C12H14Br2N4O/c1-2-3-18-11(16-7-17-18)6-19-12-9(13)4-8(15)5-10(12)14/h4-5,7H,2-3,6,15H2,1H3. The molecule has 0 aliphatic carbocycles. The van der Waals surface area contributed by atoms with Gasteiger partial charge in [0.25, 0.3) is 0 Å². The van der Waals surface area contributed by atoms with Crippen LogP contribution in [0.1, 0.15) is 19.2 Å². The number of nitrogens with zero attached hydrogens (tertiary/aromatic N) is 3. The molecule has 0 amide bonds. The highest BCUT2D eigenvalue weighted by atomic mass is 79.9. The molecule has 0 spiro atoms. The number of nitrogen functional groups attached to an aromatic ring is 1. The van der Waals surface area contributed by atoms with Gasteiger partial charge >= 0.3 is 0 Å². The zero-order chi connectivity index (χ0) is 13.8. The highest BCUT2D eigenvalue weighted by Gasteiger charge is 2.10. The Labute approximate surface area is 128 Å². The minimum absolute atomic E-state index is 0.362. The van der Waals surface area contributed by atoms with Gasteiger partial charge in [-0.15, -0.1) is 0 Å². The maximum Gasteiger partial charge on any atom is 0.164 e. The first kappa shape index (κ1) is 14.3. The van der Waals surface area contributed by atoms with Crippen LogP contribution in [-0.2, 0) is 13.2 Å². The van der Waals surface area contributed by atoms with Crippen LogP contribution in [0.3, 0.4) is 0 Å². The van der Waals surface area contributed by atoms with E-state index >= 15 is 0 Å². The number of benzene rings is 1. The quantitative estimate of drug-likeness (QED) is 0.796. The second-order valence-electron chi connectivity index (χ2n) is 4.00. The first-order valence-corrected chi connectivity index (χ1v) is 7.44. The zero-order valence-electron chi connectivity index (χ0n) is 10.4. The number of aromatic nitrogens is 3. The van der Waals surface area contributed by atoms with Crippen molar-refractivity contribution >= 4 is 37.5 Å². The molecule has 0 saturated carbocycles. The SMILES string of the molecule is CCCn1ncnc1COc1c(Br)cc(N)cc1Br. The molecule has 1 aromatic carbocycles. The molecule has 7 heteroatoms. The number of nitrogens with two attached hydrogens (primary N) is 1. The minimum atomic E-state index is 0.362. The van der Waals surface area contributed by atoms with E-state index in [1.54, 1.807) is 18.5 Å². The Morgan fingerprint density at radius 1 is 1.32 bits per heavy atom. The summed E-state index contributed by atoms with van der Waals surface area (Å²) in [5, 5.41) is 4.16. The third-order valence-corrected chi connectivity index (χ3v) is 3.68. The fourth-order valence-electron chi connectivity index (χ4n) is 1.65. The van der Waals surface area contributed by atoms with Crippen LogP contribution in [0.15, 0.2) is 27.4 Å². The molecule has 102 valence electrons. The molecule has 0 saturated heterocycles. The van der Waals surface area contributed by atoms with Crippen LogP contribution in [0.4, 0.5) is 5.69 Å². The van der Waals surface area contributed by atoms with Gasteiger partial charge in [-0.25, -0.2) is 9.67 Å². The third-order valence-electron chi connectivity index (χ3n) is 2.50. The second kappa shape index (κ2) is 6.38. The molecule has 2 rings (SSSR count). The largest absolute Gasteiger partial charge is 0.483 e. The number of rotatable bonds is 5. The fraction of sp³-hybridized carbons (Fsp3) is 0.333. The van der Waals surface area contributed by atoms with Gasteiger partial charge in [-0.1, -0.05) is 6.92 Å². The van der Waals surface area contributed by atoms with Crippen LogP contribution in [0.2, 0.25) is 0 Å². The summed E-state index contributed by atoms with van der Waals surface area (Å²) in [5.41, 5.74) is 6.41. The Morgan fingerprint density at radius 3 is 2.63 bits per heavy atom. The van der Waals surface area contributed by atoms with Crippen molar-refractivity contribution in [3.8, 4) is 5.75 Å². The number of hydrogen-bond donors (Lipinski definition) is 1. The maximum absolute atomic E-state index is 5.78. The molecular weight excluding hydrogens is 376 g/mol. The number of ether oxygens (including phenoxy) is 1. The molecule has 0 unspecified atom stereocenters. The van der Waals surface area contributed by atoms with E-state index in [4.69, 9.17) is 10.5 Å². The molecule has 0 fully saturated rings. The van der Waals surface area contributed by atoms with Gasteiger partial charge in [0.1, 0.15) is 18.7 Å². The molecule has 0 atom stereocenters. The van der Waals surface area contributed by atoms with Crippen molar-refractivity contribution in [1.82, 2.24) is 14.8 Å². The van der Waals surface area contributed by atoms with Crippen LogP contribution in [0.5, 0.6) is 5.75 Å². The Balaban J connectivity index is 2.12. The summed E-state index contributed by atoms with van der Waals surface area (Å²) in [6.45, 7) is 3.29. The fourth-order valence-corrected chi connectivity index (χ4v) is 3.10. The molecule has 0 radical (unpaired) electrons. The summed E-state index contributed by atoms with van der Waals surface area (Å²) in [6.07, 6.45) is 2.55. The second-order valence-corrected chi connectivity index (χ2v) is 5.71. The van der Waals surface area contributed by atoms with Gasteiger partial charge < -0.3 is 10.5 Å². The molecule has 1 aromatic heterocycles. The number of aryl methyl sites for hydroxylation is 1. The summed E-state index contributed by atoms with van der Waals surface area (Å²) < 4.78 is 9.24. The van der Waals surface area contributed by atoms with Crippen LogP contribution in [0, 0.1) is 0 Å². The summed E-state index contributed by atoms with van der Waals surface area (Å²) in [7, 11) is 0. The number of halogens is 2. The molecule has 0 aliphatic heterocycles. The zero-order valence-corrected chi connectivity index (χ0v) is 13.6. The van der Waals surface area contributed by atoms with Crippen molar-refractivity contribution in [3.05, 3.63) is 33.2 Å². The van der Waals surface area contributed by atoms with E-state index in [1.165, 1.54) is 0 Å². The first-order valence-electron chi connectivity index (χ1n) is 5.85. The number of anilines is 1. The van der Waals surface area contributed by atoms with Crippen LogP contribution < -0.4 is 10.5 Å². The first-order chi connectivity index (χ1) is 9.11. The van der Waals surface area contributed by atoms with E-state index in [-0.39, 0.29) is 0 Å². The van der Waals surface area contributed by atoms with E-state index in [1.807, 2.05) is 4.68 Å². The molecule has 5 nitrogen and oxygen atoms in total. The monoisotopic (exact) mass is 388 g/mol. The van der Waals surface area contributed by atoms with Crippen molar-refractivity contribution in [2.75, 3.05) is 5.73 Å². The maximum atomic E-state index is 5.78. The summed E-state index contributed by atoms with van der Waals surface area (Å²) in [5.74, 6) is 1.51. The summed E-state index contributed by atoms with van der Waals surface area (Å²) in [6, 6.07) is 3.60. The normalized spacial score (nSPS) is 10.7. The van der Waals surface area contributed by atoms with Gasteiger partial charge in [0.05, 0.1) is 8.95 Å². The predicted molar refractivity (Wildman–Crippen MR) is 80.9 cm³/mol. The van der Waals surface area contributed by atoms with E-state index in [0.29, 0.717) is 18.0 Å². The minimum Gasteiger partial charge on any atom is -0.483 e. The Morgan fingerprint density at radius 2 is 2.00 bits per heavy atom. The topological polar surface area (TPSA) is 66.0 Å². The van der Waals surface area contributed by atoms with E-state index in [2.05, 4.69) is 48.9 Å². The summed E-state index contributed by atoms with van der Waals surface area (Å²) in [4.78, 5) is 4.20. The van der Waals surface area contributed by atoms with Crippen molar-refractivity contribution in [3.63, 3.8) is 0 Å². The lowest BCUT2D eigenvalue weighted by atomic mass is 10.3. The smallest absolute Gasteiger partial charge is 0.164 e. The van der Waals surface area contributed by atoms with E-state index < -0.39 is 0 Å². The highest BCUT2D eigenvalue weighted by Crippen LogP contribution is 2.35. The van der Waals surface area contributed by atoms with E-state index in [9.17, 15) is 0 Å². The van der Waals surface area contributed by atoms with Gasteiger partial charge in [0.2, 0.25) is 0 Å². The van der Waals surface area contributed by atoms with Crippen molar-refractivity contribution in [2.24, 2.45) is 0 Å². The van der Waals surface area contributed by atoms with Gasteiger partial charge in [-0.05, 0) is 50.4 Å². The molecule has 2 aromatic rings. The molecule has 1 heterocycles. The third kappa shape index (κ3) is 3.48. The Kier molecular flexibility index (Phi) is 4.81. The van der Waals surface area contributed by atoms with Gasteiger partial charge in [0, 0.05) is 12.2 Å². The van der Waals surface area contributed by atoms with Crippen LogP contribution >= 0.6 is 31.9 Å². The number of hydrogen-bond acceptors (Lipinski definition) is 4. The highest BCUT2D eigenvalue weighted by molar-refractivity contribution is 9.11. The predicted octanol–water partition coefficient (Wildman–Crippen LogP) is 3.37. The average molecular weight is 390 g/mol. The molecule has 0 aliphatic rings. The lowest BCUT2D eigenvalue weighted by molar-refractivity contribution is 0.282. The lowest BCUT2D eigenvalue weighted by Gasteiger charge is -2.11. The van der Waals surface area contributed by atoms with Crippen molar-refractivity contribution < 1.29 is 4.74 Å². The van der Waals surface area contributed by atoms with Crippen molar-refractivity contribution in [1.29, 1.82) is 0 Å². The molecular formula is C12H14Br2N4O. The molecule has 19 heavy (non-hydrogen) atoms. The van der Waals surface area contributed by atoms with Gasteiger partial charge in [0.15, 0.2) is 5.82 Å². The van der Waals surface area contributed by atoms with Crippen LogP contribution in [-0.4, -0.2) is 14.8 Å². The van der Waals surface area contributed by atoms with Crippen LogP contribution in [0.25, 0.3) is 0 Å². The van der Waals surface area contributed by atoms with Crippen molar-refractivity contribution in [2.45, 2.75) is 26.5 Å². The average Bonchev–Trinajstić information content (AvgIpc) is 2.76. The van der Waals surface area contributed by atoms with Gasteiger partial charge in [-0.3, -0.25) is 0 Å². The summed E-state index contributed by atoms with van der Waals surface area (Å²) >= 11 is 6.87.